The maximum atomic E-state index is 10.6. The van der Waals surface area contributed by atoms with E-state index < -0.39 is 6.09 Å². The Morgan fingerprint density at radius 2 is 2.07 bits per heavy atom. The first-order chi connectivity index (χ1) is 7.24. The summed E-state index contributed by atoms with van der Waals surface area (Å²) in [4.78, 5) is 10.6. The van der Waals surface area contributed by atoms with Gasteiger partial charge in [0.1, 0.15) is 0 Å². The third kappa shape index (κ3) is 3.85. The molecule has 1 rings (SSSR count). The predicted molar refractivity (Wildman–Crippen MR) is 60.5 cm³/mol. The molecule has 0 bridgehead atoms. The highest BCUT2D eigenvalue weighted by Crippen LogP contribution is 2.12. The number of carboxylic acid groups (broad SMARTS) is 1. The molecule has 0 radical (unpaired) electrons. The zero-order chi connectivity index (χ0) is 11.1. The number of nitrogens with one attached hydrogen (secondary N) is 1. The molecule has 0 heterocycles. The maximum Gasteiger partial charge on any atom is 0.409 e. The predicted octanol–water partition coefficient (Wildman–Crippen LogP) is 3.10. The van der Waals surface area contributed by atoms with Gasteiger partial charge < -0.3 is 5.11 Å². The summed E-state index contributed by atoms with van der Waals surface area (Å²) in [6, 6.07) is 9.45. The van der Waals surface area contributed by atoms with Crippen molar-refractivity contribution >= 4 is 11.8 Å². The fraction of sp³-hybridized carbons (Fsp3) is 0.250. The smallest absolute Gasteiger partial charge is 0.409 e. The van der Waals surface area contributed by atoms with Gasteiger partial charge in [-0.3, -0.25) is 5.32 Å². The Labute approximate surface area is 89.4 Å². The van der Waals surface area contributed by atoms with Crippen LogP contribution in [0.2, 0.25) is 0 Å². The largest absolute Gasteiger partial charge is 0.465 e. The van der Waals surface area contributed by atoms with Gasteiger partial charge in [-0.25, -0.2) is 4.79 Å². The molecule has 1 aromatic rings. The number of unbranched alkanes of at least 4 members (excludes halogenated alkanes) is 1. The van der Waals surface area contributed by atoms with Gasteiger partial charge in [0.25, 0.3) is 0 Å². The van der Waals surface area contributed by atoms with E-state index in [0.717, 1.165) is 18.4 Å². The molecule has 3 heteroatoms. The highest BCUT2D eigenvalue weighted by molar-refractivity contribution is 5.80. The molecule has 2 N–H and O–H groups in total. The van der Waals surface area contributed by atoms with E-state index in [1.165, 1.54) is 0 Å². The summed E-state index contributed by atoms with van der Waals surface area (Å²) < 4.78 is 0. The molecule has 15 heavy (non-hydrogen) atoms. The minimum atomic E-state index is -1.03. The molecule has 0 unspecified atom stereocenters. The second-order valence-corrected chi connectivity index (χ2v) is 3.20. The van der Waals surface area contributed by atoms with Crippen LogP contribution >= 0.6 is 0 Å². The Morgan fingerprint density at radius 3 is 2.60 bits per heavy atom. The van der Waals surface area contributed by atoms with Gasteiger partial charge in [-0.2, -0.15) is 0 Å². The minimum absolute atomic E-state index is 0.657. The minimum Gasteiger partial charge on any atom is -0.465 e. The lowest BCUT2D eigenvalue weighted by molar-refractivity contribution is 0.199. The maximum absolute atomic E-state index is 10.6. The molecule has 0 atom stereocenters. The fourth-order valence-electron chi connectivity index (χ4n) is 1.26. The van der Waals surface area contributed by atoms with Crippen molar-refractivity contribution in [1.29, 1.82) is 0 Å². The van der Waals surface area contributed by atoms with E-state index in [0.29, 0.717) is 5.70 Å². The molecule has 0 fully saturated rings. The Kier molecular flexibility index (Phi) is 4.41. The lowest BCUT2D eigenvalue weighted by Crippen LogP contribution is -2.19. The van der Waals surface area contributed by atoms with Crippen LogP contribution in [0, 0.1) is 0 Å². The Hall–Kier alpha value is -1.77. The van der Waals surface area contributed by atoms with Gasteiger partial charge in [-0.05, 0) is 12.0 Å². The third-order valence-electron chi connectivity index (χ3n) is 1.96. The summed E-state index contributed by atoms with van der Waals surface area (Å²) >= 11 is 0. The van der Waals surface area contributed by atoms with Crippen LogP contribution in [0.3, 0.4) is 0 Å². The van der Waals surface area contributed by atoms with Gasteiger partial charge in [0.15, 0.2) is 0 Å². The first-order valence-electron chi connectivity index (χ1n) is 4.99. The van der Waals surface area contributed by atoms with Crippen molar-refractivity contribution in [2.75, 3.05) is 0 Å². The Morgan fingerprint density at radius 1 is 1.40 bits per heavy atom. The van der Waals surface area contributed by atoms with Crippen LogP contribution in [0.5, 0.6) is 0 Å². The van der Waals surface area contributed by atoms with E-state index in [1.807, 2.05) is 36.4 Å². The Balaban J connectivity index is 2.86. The topological polar surface area (TPSA) is 49.3 Å². The molecular weight excluding hydrogens is 190 g/mol. The zero-order valence-electron chi connectivity index (χ0n) is 8.73. The molecule has 1 aromatic carbocycles. The summed E-state index contributed by atoms with van der Waals surface area (Å²) in [6.45, 7) is 2.06. The number of benzene rings is 1. The number of carbonyl (C=O) groups is 1. The van der Waals surface area contributed by atoms with E-state index in [2.05, 4.69) is 12.2 Å². The lowest BCUT2D eigenvalue weighted by atomic mass is 10.1. The van der Waals surface area contributed by atoms with Crippen LogP contribution in [0.15, 0.2) is 36.4 Å². The van der Waals surface area contributed by atoms with Crippen molar-refractivity contribution in [1.82, 2.24) is 5.32 Å². The molecular formula is C12H15NO2. The van der Waals surface area contributed by atoms with Crippen molar-refractivity contribution in [2.24, 2.45) is 0 Å². The van der Waals surface area contributed by atoms with E-state index in [9.17, 15) is 4.79 Å². The quantitative estimate of drug-likeness (QED) is 0.793. The van der Waals surface area contributed by atoms with Crippen LogP contribution in [0.1, 0.15) is 25.3 Å². The number of hydrogen-bond acceptors (Lipinski definition) is 1. The number of allylic oxidation sites excluding steroid dienone is 1. The highest BCUT2D eigenvalue weighted by Gasteiger charge is 2.03. The van der Waals surface area contributed by atoms with E-state index >= 15 is 0 Å². The van der Waals surface area contributed by atoms with Gasteiger partial charge in [-0.1, -0.05) is 49.8 Å². The normalized spacial score (nSPS) is 11.1. The summed E-state index contributed by atoms with van der Waals surface area (Å²) in [7, 11) is 0. The lowest BCUT2D eigenvalue weighted by Gasteiger charge is -2.06. The zero-order valence-corrected chi connectivity index (χ0v) is 8.73. The van der Waals surface area contributed by atoms with Crippen molar-refractivity contribution in [2.45, 2.75) is 19.8 Å². The average molecular weight is 205 g/mol. The molecule has 0 aliphatic heterocycles. The molecule has 0 spiro atoms. The fourth-order valence-corrected chi connectivity index (χ4v) is 1.26. The Bertz CT molecular complexity index is 344. The van der Waals surface area contributed by atoms with Gasteiger partial charge in [0.05, 0.1) is 0 Å². The van der Waals surface area contributed by atoms with E-state index in [-0.39, 0.29) is 0 Å². The number of amides is 1. The molecule has 0 aromatic heterocycles. The van der Waals surface area contributed by atoms with Gasteiger partial charge in [0.2, 0.25) is 0 Å². The summed E-state index contributed by atoms with van der Waals surface area (Å²) in [5.74, 6) is 0. The molecule has 80 valence electrons. The van der Waals surface area contributed by atoms with Crippen LogP contribution in [0.4, 0.5) is 4.79 Å². The van der Waals surface area contributed by atoms with E-state index in [4.69, 9.17) is 5.11 Å². The first kappa shape index (κ1) is 11.3. The first-order valence-corrected chi connectivity index (χ1v) is 4.99. The molecule has 0 saturated carbocycles. The molecule has 3 nitrogen and oxygen atoms in total. The second-order valence-electron chi connectivity index (χ2n) is 3.20. The number of hydrogen-bond donors (Lipinski definition) is 2. The molecule has 0 aliphatic carbocycles. The van der Waals surface area contributed by atoms with Gasteiger partial charge in [0, 0.05) is 5.70 Å². The third-order valence-corrected chi connectivity index (χ3v) is 1.96. The van der Waals surface area contributed by atoms with Gasteiger partial charge >= 0.3 is 6.09 Å². The average Bonchev–Trinajstić information content (AvgIpc) is 2.25. The summed E-state index contributed by atoms with van der Waals surface area (Å²) in [6.07, 6.45) is 2.74. The van der Waals surface area contributed by atoms with Crippen LogP contribution in [-0.2, 0) is 0 Å². The van der Waals surface area contributed by atoms with Crippen molar-refractivity contribution in [3.8, 4) is 0 Å². The van der Waals surface area contributed by atoms with Crippen LogP contribution in [0.25, 0.3) is 5.70 Å². The van der Waals surface area contributed by atoms with Crippen LogP contribution in [-0.4, -0.2) is 11.2 Å². The van der Waals surface area contributed by atoms with Crippen molar-refractivity contribution in [3.05, 3.63) is 42.0 Å². The highest BCUT2D eigenvalue weighted by atomic mass is 16.4. The van der Waals surface area contributed by atoms with Crippen molar-refractivity contribution in [3.63, 3.8) is 0 Å². The molecule has 0 aliphatic rings. The SMILES string of the molecule is CCCC=C(NC(=O)O)c1ccccc1. The molecule has 1 amide bonds. The second kappa shape index (κ2) is 5.86. The van der Waals surface area contributed by atoms with Crippen LogP contribution < -0.4 is 5.32 Å². The summed E-state index contributed by atoms with van der Waals surface area (Å²) in [5, 5.41) is 11.1. The summed E-state index contributed by atoms with van der Waals surface area (Å²) in [5.41, 5.74) is 1.55. The van der Waals surface area contributed by atoms with Crippen molar-refractivity contribution < 1.29 is 9.90 Å². The number of rotatable bonds is 4. The van der Waals surface area contributed by atoms with Gasteiger partial charge in [-0.15, -0.1) is 0 Å². The molecule has 0 saturated heterocycles. The monoisotopic (exact) mass is 205 g/mol. The standard InChI is InChI=1S/C12H15NO2/c1-2-3-9-11(13-12(14)15)10-7-5-4-6-8-10/h4-9,13H,2-3H2,1H3,(H,14,15). The van der Waals surface area contributed by atoms with E-state index in [1.54, 1.807) is 0 Å².